The van der Waals surface area contributed by atoms with Crippen molar-refractivity contribution in [2.75, 3.05) is 6.61 Å². The molecule has 194 valence electrons. The molecule has 0 aliphatic rings. The van der Waals surface area contributed by atoms with Crippen molar-refractivity contribution in [3.05, 3.63) is 36.7 Å². The summed E-state index contributed by atoms with van der Waals surface area (Å²) < 4.78 is 11.2. The Bertz CT molecular complexity index is 790. The van der Waals surface area contributed by atoms with Crippen molar-refractivity contribution < 1.29 is 14.3 Å². The molecule has 0 atom stereocenters. The smallest absolute Gasteiger partial charge is 0.311 e. The van der Waals surface area contributed by atoms with Crippen molar-refractivity contribution in [1.82, 2.24) is 9.97 Å². The van der Waals surface area contributed by atoms with Crippen LogP contribution in [0.1, 0.15) is 117 Å². The van der Waals surface area contributed by atoms with E-state index < -0.39 is 0 Å². The van der Waals surface area contributed by atoms with Crippen LogP contribution >= 0.6 is 0 Å². The van der Waals surface area contributed by atoms with E-state index in [1.807, 2.05) is 24.3 Å². The Balaban J connectivity index is 1.62. The van der Waals surface area contributed by atoms with Gasteiger partial charge in [-0.05, 0) is 37.1 Å². The highest BCUT2D eigenvalue weighted by Gasteiger charge is 2.07. The van der Waals surface area contributed by atoms with Crippen LogP contribution in [0.2, 0.25) is 0 Å². The van der Waals surface area contributed by atoms with Crippen LogP contribution in [-0.4, -0.2) is 22.5 Å². The molecule has 5 heteroatoms. The summed E-state index contributed by atoms with van der Waals surface area (Å²) in [7, 11) is 0. The number of carbonyl (C=O) groups excluding carboxylic acids is 1. The summed E-state index contributed by atoms with van der Waals surface area (Å²) in [6.07, 6.45) is 22.2. The van der Waals surface area contributed by atoms with Gasteiger partial charge in [-0.1, -0.05) is 97.3 Å². The molecule has 1 aromatic carbocycles. The Morgan fingerprint density at radius 1 is 0.657 bits per heavy atom. The van der Waals surface area contributed by atoms with Gasteiger partial charge < -0.3 is 9.47 Å². The minimum Gasteiger partial charge on any atom is -0.494 e. The molecular formula is C30H46N2O3. The Hall–Kier alpha value is -2.43. The molecule has 0 radical (unpaired) electrons. The SMILES string of the molecule is CCCCCCCCCCC(=O)Oc1cnc(-c2ccc(OCCCCCCCCC)cc2)nc1. The van der Waals surface area contributed by atoms with Crippen LogP contribution in [0.4, 0.5) is 0 Å². The average molecular weight is 483 g/mol. The van der Waals surface area contributed by atoms with Crippen LogP contribution in [0.25, 0.3) is 11.4 Å². The minimum atomic E-state index is -0.213. The maximum absolute atomic E-state index is 12.1. The number of carbonyl (C=O) groups is 1. The first-order valence-corrected chi connectivity index (χ1v) is 14.0. The molecule has 5 nitrogen and oxygen atoms in total. The Morgan fingerprint density at radius 3 is 1.74 bits per heavy atom. The lowest BCUT2D eigenvalue weighted by Crippen LogP contribution is -2.08. The van der Waals surface area contributed by atoms with Gasteiger partial charge in [0.2, 0.25) is 0 Å². The number of ether oxygens (including phenoxy) is 2. The molecule has 0 spiro atoms. The molecule has 0 saturated heterocycles. The van der Waals surface area contributed by atoms with Crippen LogP contribution in [0.5, 0.6) is 11.5 Å². The highest BCUT2D eigenvalue weighted by molar-refractivity contribution is 5.72. The van der Waals surface area contributed by atoms with Crippen LogP contribution in [0, 0.1) is 0 Å². The summed E-state index contributed by atoms with van der Waals surface area (Å²) in [6, 6.07) is 7.84. The second-order valence-corrected chi connectivity index (χ2v) is 9.44. The summed E-state index contributed by atoms with van der Waals surface area (Å²) in [5.74, 6) is 1.65. The van der Waals surface area contributed by atoms with E-state index in [4.69, 9.17) is 9.47 Å². The Kier molecular flexibility index (Phi) is 15.5. The summed E-state index contributed by atoms with van der Waals surface area (Å²) in [5, 5.41) is 0. The van der Waals surface area contributed by atoms with E-state index in [1.54, 1.807) is 12.4 Å². The number of hydrogen-bond donors (Lipinski definition) is 0. The largest absolute Gasteiger partial charge is 0.494 e. The summed E-state index contributed by atoms with van der Waals surface area (Å²) in [6.45, 7) is 5.23. The zero-order chi connectivity index (χ0) is 25.0. The van der Waals surface area contributed by atoms with E-state index in [0.29, 0.717) is 18.0 Å². The Morgan fingerprint density at radius 2 is 1.17 bits per heavy atom. The van der Waals surface area contributed by atoms with Gasteiger partial charge in [0, 0.05) is 12.0 Å². The van der Waals surface area contributed by atoms with Crippen LogP contribution in [-0.2, 0) is 4.79 Å². The lowest BCUT2D eigenvalue weighted by Gasteiger charge is -2.08. The van der Waals surface area contributed by atoms with E-state index in [-0.39, 0.29) is 5.97 Å². The van der Waals surface area contributed by atoms with Crippen LogP contribution < -0.4 is 9.47 Å². The maximum Gasteiger partial charge on any atom is 0.311 e. The molecule has 35 heavy (non-hydrogen) atoms. The molecule has 0 unspecified atom stereocenters. The van der Waals surface area contributed by atoms with Gasteiger partial charge in [-0.2, -0.15) is 0 Å². The third-order valence-corrected chi connectivity index (χ3v) is 6.22. The van der Waals surface area contributed by atoms with Crippen molar-refractivity contribution in [2.24, 2.45) is 0 Å². The molecule has 0 bridgehead atoms. The number of hydrogen-bond acceptors (Lipinski definition) is 5. The van der Waals surface area contributed by atoms with Gasteiger partial charge in [-0.3, -0.25) is 4.79 Å². The summed E-state index contributed by atoms with van der Waals surface area (Å²) >= 11 is 0. The van der Waals surface area contributed by atoms with Gasteiger partial charge in [0.25, 0.3) is 0 Å². The maximum atomic E-state index is 12.1. The number of esters is 1. The van der Waals surface area contributed by atoms with Gasteiger partial charge >= 0.3 is 5.97 Å². The second-order valence-electron chi connectivity index (χ2n) is 9.44. The molecule has 0 fully saturated rings. The topological polar surface area (TPSA) is 61.3 Å². The van der Waals surface area contributed by atoms with Gasteiger partial charge in [-0.25, -0.2) is 9.97 Å². The normalized spacial score (nSPS) is 10.9. The minimum absolute atomic E-state index is 0.213. The predicted octanol–water partition coefficient (Wildman–Crippen LogP) is 8.71. The van der Waals surface area contributed by atoms with E-state index >= 15 is 0 Å². The standard InChI is InChI=1S/C30H46N2O3/c1-3-5-7-9-11-12-14-16-18-29(33)35-28-24-31-30(32-25-28)26-19-21-27(22-20-26)34-23-17-15-13-10-8-6-4-2/h19-22,24-25H,3-18,23H2,1-2H3. The molecule has 0 aliphatic carbocycles. The van der Waals surface area contributed by atoms with Gasteiger partial charge in [0.05, 0.1) is 19.0 Å². The van der Waals surface area contributed by atoms with Crippen molar-refractivity contribution in [3.8, 4) is 22.9 Å². The third kappa shape index (κ3) is 13.3. The zero-order valence-corrected chi connectivity index (χ0v) is 22.1. The van der Waals surface area contributed by atoms with E-state index in [9.17, 15) is 4.79 Å². The number of aromatic nitrogens is 2. The highest BCUT2D eigenvalue weighted by Crippen LogP contribution is 2.21. The van der Waals surface area contributed by atoms with Crippen molar-refractivity contribution in [1.29, 1.82) is 0 Å². The fraction of sp³-hybridized carbons (Fsp3) is 0.633. The molecule has 1 aromatic heterocycles. The predicted molar refractivity (Wildman–Crippen MR) is 144 cm³/mol. The van der Waals surface area contributed by atoms with Crippen molar-refractivity contribution >= 4 is 5.97 Å². The third-order valence-electron chi connectivity index (χ3n) is 6.22. The lowest BCUT2D eigenvalue weighted by molar-refractivity contribution is -0.134. The highest BCUT2D eigenvalue weighted by atomic mass is 16.5. The molecule has 2 rings (SSSR count). The van der Waals surface area contributed by atoms with Gasteiger partial charge in [-0.15, -0.1) is 0 Å². The van der Waals surface area contributed by atoms with Crippen LogP contribution in [0.15, 0.2) is 36.7 Å². The van der Waals surface area contributed by atoms with Gasteiger partial charge in [0.1, 0.15) is 5.75 Å². The van der Waals surface area contributed by atoms with Crippen molar-refractivity contribution in [2.45, 2.75) is 117 Å². The van der Waals surface area contributed by atoms with Crippen LogP contribution in [0.3, 0.4) is 0 Å². The number of rotatable bonds is 20. The molecule has 0 N–H and O–H groups in total. The molecule has 2 aromatic rings. The van der Waals surface area contributed by atoms with Gasteiger partial charge in [0.15, 0.2) is 11.6 Å². The number of benzene rings is 1. The quantitative estimate of drug-likeness (QED) is 0.139. The molecule has 1 heterocycles. The molecule has 0 saturated carbocycles. The molecule has 0 amide bonds. The fourth-order valence-electron chi connectivity index (χ4n) is 4.05. The first kappa shape index (κ1) is 28.8. The number of unbranched alkanes of at least 4 members (excludes halogenated alkanes) is 13. The second kappa shape index (κ2) is 18.8. The average Bonchev–Trinajstić information content (AvgIpc) is 2.88. The van der Waals surface area contributed by atoms with E-state index in [1.165, 1.54) is 77.0 Å². The zero-order valence-electron chi connectivity index (χ0n) is 22.1. The summed E-state index contributed by atoms with van der Waals surface area (Å²) in [5.41, 5.74) is 0.907. The Labute approximate surface area is 213 Å². The first-order valence-electron chi connectivity index (χ1n) is 14.0. The molecule has 0 aliphatic heterocycles. The monoisotopic (exact) mass is 482 g/mol. The lowest BCUT2D eigenvalue weighted by atomic mass is 10.1. The molecular weight excluding hydrogens is 436 g/mol. The fourth-order valence-corrected chi connectivity index (χ4v) is 4.05. The first-order chi connectivity index (χ1) is 17.2. The summed E-state index contributed by atoms with van der Waals surface area (Å²) in [4.78, 5) is 20.8. The van der Waals surface area contributed by atoms with E-state index in [2.05, 4.69) is 23.8 Å². The van der Waals surface area contributed by atoms with E-state index in [0.717, 1.165) is 37.2 Å². The number of nitrogens with zero attached hydrogens (tertiary/aromatic N) is 2. The van der Waals surface area contributed by atoms with Crippen molar-refractivity contribution in [3.63, 3.8) is 0 Å².